The predicted octanol–water partition coefficient (Wildman–Crippen LogP) is 3.37. The van der Waals surface area contributed by atoms with Gasteiger partial charge in [-0.3, -0.25) is 0 Å². The van der Waals surface area contributed by atoms with E-state index < -0.39 is 5.54 Å². The van der Waals surface area contributed by atoms with Crippen molar-refractivity contribution >= 4 is 15.9 Å². The van der Waals surface area contributed by atoms with E-state index >= 15 is 0 Å². The van der Waals surface area contributed by atoms with Gasteiger partial charge in [0.2, 0.25) is 0 Å². The van der Waals surface area contributed by atoms with Crippen LogP contribution in [0.15, 0.2) is 35.3 Å². The van der Waals surface area contributed by atoms with Crippen molar-refractivity contribution in [3.63, 3.8) is 0 Å². The van der Waals surface area contributed by atoms with Gasteiger partial charge in [-0.2, -0.15) is 0 Å². The van der Waals surface area contributed by atoms with Crippen molar-refractivity contribution in [2.45, 2.75) is 25.8 Å². The third-order valence-corrected chi connectivity index (χ3v) is 4.09. The summed E-state index contributed by atoms with van der Waals surface area (Å²) in [6.45, 7) is 8.29. The number of halogens is 1. The van der Waals surface area contributed by atoms with Crippen molar-refractivity contribution in [1.29, 1.82) is 0 Å². The van der Waals surface area contributed by atoms with Crippen LogP contribution in [0, 0.1) is 5.41 Å². The molecule has 1 unspecified atom stereocenters. The highest BCUT2D eigenvalue weighted by atomic mass is 79.9. The van der Waals surface area contributed by atoms with Gasteiger partial charge in [0.15, 0.2) is 0 Å². The number of benzene rings is 1. The Labute approximate surface area is 99.5 Å². The van der Waals surface area contributed by atoms with Gasteiger partial charge in [-0.25, -0.2) is 0 Å². The highest BCUT2D eigenvalue weighted by Gasteiger charge is 2.47. The van der Waals surface area contributed by atoms with E-state index in [1.165, 1.54) is 11.1 Å². The minimum absolute atomic E-state index is 0.0396. The normalized spacial score (nSPS) is 27.5. The first-order valence-corrected chi connectivity index (χ1v) is 5.91. The monoisotopic (exact) mass is 265 g/mol. The summed E-state index contributed by atoms with van der Waals surface area (Å²) in [6.07, 6.45) is 2.89. The molecule has 0 heterocycles. The van der Waals surface area contributed by atoms with E-state index in [9.17, 15) is 0 Å². The molecule has 0 radical (unpaired) electrons. The highest BCUT2D eigenvalue weighted by molar-refractivity contribution is 9.10. The molecule has 0 aliphatic heterocycles. The average Bonchev–Trinajstić information content (AvgIpc) is 2.37. The van der Waals surface area contributed by atoms with E-state index in [1.54, 1.807) is 0 Å². The number of hydrogen-bond acceptors (Lipinski definition) is 1. The van der Waals surface area contributed by atoms with Crippen LogP contribution in [0.25, 0.3) is 0 Å². The van der Waals surface area contributed by atoms with Crippen LogP contribution in [-0.4, -0.2) is 0 Å². The van der Waals surface area contributed by atoms with Gasteiger partial charge in [0.1, 0.15) is 0 Å². The first-order valence-electron chi connectivity index (χ1n) is 5.12. The maximum atomic E-state index is 6.48. The molecule has 1 nitrogen and oxygen atoms in total. The fraction of sp³-hybridized carbons (Fsp3) is 0.385. The molecule has 80 valence electrons. The Bertz CT molecular complexity index is 423. The maximum absolute atomic E-state index is 6.48. The van der Waals surface area contributed by atoms with Crippen molar-refractivity contribution < 1.29 is 0 Å². The Morgan fingerprint density at radius 1 is 1.47 bits per heavy atom. The topological polar surface area (TPSA) is 26.0 Å². The molecular formula is C13H16BrN. The molecule has 0 spiro atoms. The summed E-state index contributed by atoms with van der Waals surface area (Å²) in [5.41, 5.74) is 8.65. The lowest BCUT2D eigenvalue weighted by atomic mass is 9.73. The SMILES string of the molecule is C=CC1(N)c2cc(Br)ccc2CC1(C)C. The molecular weight excluding hydrogens is 250 g/mol. The van der Waals surface area contributed by atoms with E-state index in [2.05, 4.69) is 54.6 Å². The Morgan fingerprint density at radius 3 is 2.73 bits per heavy atom. The zero-order valence-electron chi connectivity index (χ0n) is 9.18. The third kappa shape index (κ3) is 1.39. The molecule has 0 amide bonds. The lowest BCUT2D eigenvalue weighted by Gasteiger charge is -2.36. The Hall–Kier alpha value is -0.600. The van der Waals surface area contributed by atoms with Gasteiger partial charge in [-0.05, 0) is 35.1 Å². The summed E-state index contributed by atoms with van der Waals surface area (Å²) in [5.74, 6) is 0. The van der Waals surface area contributed by atoms with Gasteiger partial charge in [0.05, 0.1) is 5.54 Å². The van der Waals surface area contributed by atoms with E-state index in [-0.39, 0.29) is 5.41 Å². The molecule has 0 fully saturated rings. The second-order valence-corrected chi connectivity index (χ2v) is 5.85. The molecule has 0 saturated heterocycles. The quantitative estimate of drug-likeness (QED) is 0.775. The van der Waals surface area contributed by atoms with Gasteiger partial charge in [-0.15, -0.1) is 6.58 Å². The average molecular weight is 266 g/mol. The summed E-state index contributed by atoms with van der Waals surface area (Å²) in [6, 6.07) is 6.34. The van der Waals surface area contributed by atoms with Crippen LogP contribution >= 0.6 is 15.9 Å². The molecule has 1 aromatic carbocycles. The van der Waals surface area contributed by atoms with Crippen molar-refractivity contribution in [2.75, 3.05) is 0 Å². The number of nitrogens with two attached hydrogens (primary N) is 1. The van der Waals surface area contributed by atoms with E-state index in [0.29, 0.717) is 0 Å². The summed E-state index contributed by atoms with van der Waals surface area (Å²) in [4.78, 5) is 0. The molecule has 2 heteroatoms. The van der Waals surface area contributed by atoms with Gasteiger partial charge in [0, 0.05) is 4.47 Å². The second-order valence-electron chi connectivity index (χ2n) is 4.94. The summed E-state index contributed by atoms with van der Waals surface area (Å²) >= 11 is 3.49. The largest absolute Gasteiger partial charge is 0.318 e. The maximum Gasteiger partial charge on any atom is 0.0650 e. The molecule has 1 aromatic rings. The smallest absolute Gasteiger partial charge is 0.0650 e. The van der Waals surface area contributed by atoms with Crippen LogP contribution in [-0.2, 0) is 12.0 Å². The minimum Gasteiger partial charge on any atom is -0.318 e. The molecule has 0 saturated carbocycles. The molecule has 1 aliphatic rings. The van der Waals surface area contributed by atoms with Crippen LogP contribution in [0.2, 0.25) is 0 Å². The second kappa shape index (κ2) is 3.19. The van der Waals surface area contributed by atoms with Gasteiger partial charge in [-0.1, -0.05) is 41.9 Å². The van der Waals surface area contributed by atoms with Crippen LogP contribution in [0.4, 0.5) is 0 Å². The zero-order chi connectivity index (χ0) is 11.3. The van der Waals surface area contributed by atoms with E-state index in [1.807, 2.05) is 6.08 Å². The molecule has 0 aromatic heterocycles. The molecule has 1 aliphatic carbocycles. The van der Waals surface area contributed by atoms with Crippen LogP contribution in [0.1, 0.15) is 25.0 Å². The van der Waals surface area contributed by atoms with Gasteiger partial charge >= 0.3 is 0 Å². The first-order chi connectivity index (χ1) is 6.90. The molecule has 2 rings (SSSR count). The molecule has 15 heavy (non-hydrogen) atoms. The van der Waals surface area contributed by atoms with Crippen LogP contribution < -0.4 is 5.73 Å². The van der Waals surface area contributed by atoms with Crippen LogP contribution in [0.3, 0.4) is 0 Å². The van der Waals surface area contributed by atoms with E-state index in [4.69, 9.17) is 5.73 Å². The Morgan fingerprint density at radius 2 is 2.13 bits per heavy atom. The third-order valence-electron chi connectivity index (χ3n) is 3.59. The molecule has 1 atom stereocenters. The highest BCUT2D eigenvalue weighted by Crippen LogP contribution is 2.49. The zero-order valence-corrected chi connectivity index (χ0v) is 10.8. The van der Waals surface area contributed by atoms with Crippen molar-refractivity contribution in [3.8, 4) is 0 Å². The minimum atomic E-state index is -0.411. The Balaban J connectivity index is 2.67. The Kier molecular flexibility index (Phi) is 2.32. The van der Waals surface area contributed by atoms with E-state index in [0.717, 1.165) is 10.9 Å². The lowest BCUT2D eigenvalue weighted by Crippen LogP contribution is -2.44. The van der Waals surface area contributed by atoms with Crippen molar-refractivity contribution in [3.05, 3.63) is 46.5 Å². The predicted molar refractivity (Wildman–Crippen MR) is 67.7 cm³/mol. The van der Waals surface area contributed by atoms with Gasteiger partial charge < -0.3 is 5.73 Å². The standard InChI is InChI=1S/C13H16BrN/c1-4-13(15)11-7-10(14)6-5-9(11)8-12(13,2)3/h4-7H,1,8,15H2,2-3H3. The lowest BCUT2D eigenvalue weighted by molar-refractivity contribution is 0.243. The number of fused-ring (bicyclic) bond motifs is 1. The van der Waals surface area contributed by atoms with Crippen LogP contribution in [0.5, 0.6) is 0 Å². The van der Waals surface area contributed by atoms with Gasteiger partial charge in [0.25, 0.3) is 0 Å². The summed E-state index contributed by atoms with van der Waals surface area (Å²) < 4.78 is 1.08. The fourth-order valence-corrected chi connectivity index (χ4v) is 2.82. The molecule has 0 bridgehead atoms. The number of hydrogen-bond donors (Lipinski definition) is 1. The molecule has 2 N–H and O–H groups in total. The van der Waals surface area contributed by atoms with Crippen molar-refractivity contribution in [1.82, 2.24) is 0 Å². The summed E-state index contributed by atoms with van der Waals surface area (Å²) in [5, 5.41) is 0. The summed E-state index contributed by atoms with van der Waals surface area (Å²) in [7, 11) is 0. The first kappa shape index (κ1) is 10.9. The number of rotatable bonds is 1. The fourth-order valence-electron chi connectivity index (χ4n) is 2.46. The van der Waals surface area contributed by atoms with Crippen molar-refractivity contribution in [2.24, 2.45) is 11.1 Å².